The van der Waals surface area contributed by atoms with Crippen LogP contribution in [-0.4, -0.2) is 36.5 Å². The molecule has 0 spiro atoms. The van der Waals surface area contributed by atoms with E-state index in [4.69, 9.17) is 9.84 Å². The third kappa shape index (κ3) is 1.92. The van der Waals surface area contributed by atoms with E-state index >= 15 is 0 Å². The number of rotatable bonds is 3. The summed E-state index contributed by atoms with van der Waals surface area (Å²) < 4.78 is 5.68. The van der Waals surface area contributed by atoms with Gasteiger partial charge >= 0.3 is 0 Å². The van der Waals surface area contributed by atoms with Crippen LogP contribution in [-0.2, 0) is 4.74 Å². The highest BCUT2D eigenvalue weighted by atomic mass is 16.5. The van der Waals surface area contributed by atoms with Gasteiger partial charge in [-0.2, -0.15) is 0 Å². The van der Waals surface area contributed by atoms with E-state index in [2.05, 4.69) is 5.32 Å². The van der Waals surface area contributed by atoms with Crippen LogP contribution in [0, 0.1) is 0 Å². The molecule has 0 amide bonds. The second kappa shape index (κ2) is 3.09. The largest absolute Gasteiger partial charge is 0.395 e. The number of aliphatic hydroxyl groups is 1. The predicted octanol–water partition coefficient (Wildman–Crippen LogP) is -0.112. The van der Waals surface area contributed by atoms with Crippen LogP contribution < -0.4 is 5.32 Å². The quantitative estimate of drug-likeness (QED) is 0.600. The fourth-order valence-corrected chi connectivity index (χ4v) is 1.50. The van der Waals surface area contributed by atoms with E-state index in [1.807, 2.05) is 0 Å². The van der Waals surface area contributed by atoms with E-state index in [9.17, 15) is 0 Å². The van der Waals surface area contributed by atoms with E-state index in [0.717, 1.165) is 13.0 Å². The summed E-state index contributed by atoms with van der Waals surface area (Å²) >= 11 is 0. The molecule has 3 heteroatoms. The maximum absolute atomic E-state index is 8.82. The van der Waals surface area contributed by atoms with Crippen LogP contribution >= 0.6 is 0 Å². The van der Waals surface area contributed by atoms with Crippen LogP contribution in [0.1, 0.15) is 19.3 Å². The number of hydrogen-bond acceptors (Lipinski definition) is 3. The standard InChI is InChI=1S/C8H15NO2/c10-5-6-3-8(4-9-6)11-7-1-2-7/h6-10H,1-5H2. The van der Waals surface area contributed by atoms with Crippen LogP contribution in [0.15, 0.2) is 0 Å². The van der Waals surface area contributed by atoms with Gasteiger partial charge < -0.3 is 15.2 Å². The van der Waals surface area contributed by atoms with Crippen molar-refractivity contribution in [3.05, 3.63) is 0 Å². The second-order valence-electron chi connectivity index (χ2n) is 3.48. The minimum Gasteiger partial charge on any atom is -0.395 e. The fourth-order valence-electron chi connectivity index (χ4n) is 1.50. The molecule has 0 aromatic heterocycles. The molecule has 1 heterocycles. The molecule has 1 saturated heterocycles. The lowest BCUT2D eigenvalue weighted by atomic mass is 10.2. The molecule has 2 N–H and O–H groups in total. The molecule has 0 bridgehead atoms. The molecule has 0 aromatic rings. The van der Waals surface area contributed by atoms with Crippen LogP contribution in [0.25, 0.3) is 0 Å². The first-order valence-corrected chi connectivity index (χ1v) is 4.38. The SMILES string of the molecule is OCC1CC(OC2CC2)CN1. The second-order valence-corrected chi connectivity index (χ2v) is 3.48. The van der Waals surface area contributed by atoms with E-state index in [1.54, 1.807) is 0 Å². The first-order chi connectivity index (χ1) is 5.38. The lowest BCUT2D eigenvalue weighted by molar-refractivity contribution is 0.0506. The normalized spacial score (nSPS) is 37.9. The van der Waals surface area contributed by atoms with E-state index < -0.39 is 0 Å². The monoisotopic (exact) mass is 157 g/mol. The van der Waals surface area contributed by atoms with Gasteiger partial charge in [-0.1, -0.05) is 0 Å². The summed E-state index contributed by atoms with van der Waals surface area (Å²) in [6, 6.07) is 0.277. The van der Waals surface area contributed by atoms with Crippen molar-refractivity contribution < 1.29 is 9.84 Å². The topological polar surface area (TPSA) is 41.5 Å². The molecule has 11 heavy (non-hydrogen) atoms. The molecule has 2 unspecified atom stereocenters. The van der Waals surface area contributed by atoms with Crippen LogP contribution in [0.4, 0.5) is 0 Å². The number of nitrogens with one attached hydrogen (secondary N) is 1. The molecule has 1 saturated carbocycles. The Bertz CT molecular complexity index is 136. The maximum atomic E-state index is 8.82. The molecule has 1 aliphatic carbocycles. The molecule has 0 radical (unpaired) electrons. The number of aliphatic hydroxyl groups excluding tert-OH is 1. The van der Waals surface area contributed by atoms with Crippen LogP contribution in [0.2, 0.25) is 0 Å². The van der Waals surface area contributed by atoms with Crippen LogP contribution in [0.3, 0.4) is 0 Å². The molecule has 0 aromatic carbocycles. The van der Waals surface area contributed by atoms with Gasteiger partial charge in [-0.05, 0) is 19.3 Å². The van der Waals surface area contributed by atoms with E-state index in [1.165, 1.54) is 12.8 Å². The molecule has 2 atom stereocenters. The van der Waals surface area contributed by atoms with Gasteiger partial charge in [0.2, 0.25) is 0 Å². The zero-order valence-electron chi connectivity index (χ0n) is 6.62. The summed E-state index contributed by atoms with van der Waals surface area (Å²) in [5.74, 6) is 0. The van der Waals surface area contributed by atoms with Crippen molar-refractivity contribution in [1.82, 2.24) is 5.32 Å². The highest BCUT2D eigenvalue weighted by Gasteiger charge is 2.30. The highest BCUT2D eigenvalue weighted by Crippen LogP contribution is 2.27. The fraction of sp³-hybridized carbons (Fsp3) is 1.00. The molecule has 3 nitrogen and oxygen atoms in total. The summed E-state index contributed by atoms with van der Waals surface area (Å²) in [6.45, 7) is 1.16. The van der Waals surface area contributed by atoms with Gasteiger partial charge in [-0.3, -0.25) is 0 Å². The summed E-state index contributed by atoms with van der Waals surface area (Å²) in [6.07, 6.45) is 4.35. The summed E-state index contributed by atoms with van der Waals surface area (Å²) in [5.41, 5.74) is 0. The highest BCUT2D eigenvalue weighted by molar-refractivity contribution is 4.84. The Kier molecular flexibility index (Phi) is 2.11. The average molecular weight is 157 g/mol. The lowest BCUT2D eigenvalue weighted by Gasteiger charge is -2.08. The Morgan fingerprint density at radius 2 is 2.18 bits per heavy atom. The molecular formula is C8H15NO2. The predicted molar refractivity (Wildman–Crippen MR) is 41.4 cm³/mol. The molecule has 2 rings (SSSR count). The van der Waals surface area contributed by atoms with E-state index in [-0.39, 0.29) is 12.6 Å². The zero-order chi connectivity index (χ0) is 7.68. The molecule has 1 aliphatic heterocycles. The van der Waals surface area contributed by atoms with Crippen molar-refractivity contribution in [2.45, 2.75) is 37.5 Å². The minimum absolute atomic E-state index is 0.241. The zero-order valence-corrected chi connectivity index (χ0v) is 6.62. The third-order valence-electron chi connectivity index (χ3n) is 2.31. The van der Waals surface area contributed by atoms with Crippen molar-refractivity contribution in [2.75, 3.05) is 13.2 Å². The number of hydrogen-bond donors (Lipinski definition) is 2. The summed E-state index contributed by atoms with van der Waals surface area (Å²) in [4.78, 5) is 0. The molecule has 64 valence electrons. The van der Waals surface area contributed by atoms with Gasteiger partial charge in [-0.15, -0.1) is 0 Å². The van der Waals surface area contributed by atoms with Crippen molar-refractivity contribution in [3.8, 4) is 0 Å². The van der Waals surface area contributed by atoms with Gasteiger partial charge in [0.1, 0.15) is 0 Å². The Morgan fingerprint density at radius 3 is 2.73 bits per heavy atom. The van der Waals surface area contributed by atoms with Gasteiger partial charge in [0.25, 0.3) is 0 Å². The number of ether oxygens (including phenoxy) is 1. The first kappa shape index (κ1) is 7.53. The van der Waals surface area contributed by atoms with Gasteiger partial charge in [0, 0.05) is 12.6 Å². The molecular weight excluding hydrogens is 142 g/mol. The minimum atomic E-state index is 0.241. The Hall–Kier alpha value is -0.120. The average Bonchev–Trinajstić information content (AvgIpc) is 2.68. The van der Waals surface area contributed by atoms with Crippen molar-refractivity contribution in [2.24, 2.45) is 0 Å². The maximum Gasteiger partial charge on any atom is 0.0719 e. The van der Waals surface area contributed by atoms with Crippen molar-refractivity contribution >= 4 is 0 Å². The van der Waals surface area contributed by atoms with Gasteiger partial charge in [0.05, 0.1) is 18.8 Å². The Morgan fingerprint density at radius 1 is 1.36 bits per heavy atom. The Balaban J connectivity index is 1.70. The summed E-state index contributed by atoms with van der Waals surface area (Å²) in [7, 11) is 0. The molecule has 2 fully saturated rings. The lowest BCUT2D eigenvalue weighted by Crippen LogP contribution is -2.24. The van der Waals surface area contributed by atoms with Gasteiger partial charge in [0.15, 0.2) is 0 Å². The van der Waals surface area contributed by atoms with Crippen LogP contribution in [0.5, 0.6) is 0 Å². The van der Waals surface area contributed by atoms with E-state index in [0.29, 0.717) is 12.2 Å². The van der Waals surface area contributed by atoms with Crippen molar-refractivity contribution in [1.29, 1.82) is 0 Å². The smallest absolute Gasteiger partial charge is 0.0719 e. The third-order valence-corrected chi connectivity index (χ3v) is 2.31. The Labute approximate surface area is 66.7 Å². The van der Waals surface area contributed by atoms with Gasteiger partial charge in [-0.25, -0.2) is 0 Å². The summed E-state index contributed by atoms with van der Waals surface area (Å²) in [5, 5.41) is 12.0. The van der Waals surface area contributed by atoms with Crippen molar-refractivity contribution in [3.63, 3.8) is 0 Å². The molecule has 2 aliphatic rings. The first-order valence-electron chi connectivity index (χ1n) is 4.38.